The van der Waals surface area contributed by atoms with Gasteiger partial charge in [-0.05, 0) is 42.5 Å². The summed E-state index contributed by atoms with van der Waals surface area (Å²) in [7, 11) is 0. The zero-order valence-electron chi connectivity index (χ0n) is 13.5. The van der Waals surface area contributed by atoms with Crippen LogP contribution in [0.2, 0.25) is 0 Å². The second-order valence-electron chi connectivity index (χ2n) is 6.17. The van der Waals surface area contributed by atoms with E-state index in [0.717, 1.165) is 31.0 Å². The summed E-state index contributed by atoms with van der Waals surface area (Å²) in [5.74, 6) is 0.805. The lowest BCUT2D eigenvalue weighted by atomic mass is 10.0. The Morgan fingerprint density at radius 2 is 2.17 bits per heavy atom. The van der Waals surface area contributed by atoms with Crippen LogP contribution in [0.3, 0.4) is 0 Å². The lowest BCUT2D eigenvalue weighted by molar-refractivity contribution is 0.219. The molecule has 1 aromatic carbocycles. The van der Waals surface area contributed by atoms with Gasteiger partial charge in [-0.25, -0.2) is 4.98 Å². The highest BCUT2D eigenvalue weighted by molar-refractivity contribution is 7.09. The average Bonchev–Trinajstić information content (AvgIpc) is 2.97. The highest BCUT2D eigenvalue weighted by Crippen LogP contribution is 2.29. The van der Waals surface area contributed by atoms with Crippen molar-refractivity contribution in [2.75, 3.05) is 13.2 Å². The summed E-state index contributed by atoms with van der Waals surface area (Å²) in [5, 5.41) is 3.34. The number of aryl methyl sites for hydroxylation is 2. The van der Waals surface area contributed by atoms with Gasteiger partial charge in [-0.3, -0.25) is 4.90 Å². The third kappa shape index (κ3) is 2.84. The molecule has 0 fully saturated rings. The fraction of sp³-hybridized carbons (Fsp3) is 0.316. The Kier molecular flexibility index (Phi) is 3.79. The number of rotatable bonds is 2. The number of benzene rings is 1. The molecule has 0 spiro atoms. The normalized spacial score (nSPS) is 15.2. The lowest BCUT2D eigenvalue weighted by Gasteiger charge is -2.18. The lowest BCUT2D eigenvalue weighted by Crippen LogP contribution is -2.24. The van der Waals surface area contributed by atoms with Gasteiger partial charge in [0.05, 0.1) is 5.52 Å². The molecule has 0 N–H and O–H groups in total. The van der Waals surface area contributed by atoms with E-state index < -0.39 is 0 Å². The second-order valence-corrected chi connectivity index (χ2v) is 7.20. The van der Waals surface area contributed by atoms with Gasteiger partial charge in [0.2, 0.25) is 5.88 Å². The van der Waals surface area contributed by atoms with Crippen LogP contribution >= 0.6 is 11.3 Å². The summed E-state index contributed by atoms with van der Waals surface area (Å²) in [6, 6.07) is 10.9. The molecule has 0 radical (unpaired) electrons. The first-order valence-corrected chi connectivity index (χ1v) is 8.86. The molecule has 23 heavy (non-hydrogen) atoms. The van der Waals surface area contributed by atoms with E-state index in [1.807, 2.05) is 11.3 Å². The molecule has 1 aliphatic rings. The molecular formula is C19H20N2OS. The molecule has 4 rings (SSSR count). The van der Waals surface area contributed by atoms with Crippen molar-refractivity contribution in [3.8, 4) is 5.88 Å². The van der Waals surface area contributed by atoms with Gasteiger partial charge in [0.1, 0.15) is 6.61 Å². The largest absolute Gasteiger partial charge is 0.476 e. The average molecular weight is 324 g/mol. The van der Waals surface area contributed by atoms with Crippen molar-refractivity contribution >= 4 is 22.2 Å². The number of hydrogen-bond donors (Lipinski definition) is 0. The maximum absolute atomic E-state index is 5.95. The van der Waals surface area contributed by atoms with Crippen LogP contribution in [0, 0.1) is 13.8 Å². The fourth-order valence-electron chi connectivity index (χ4n) is 3.10. The Morgan fingerprint density at radius 3 is 3.00 bits per heavy atom. The summed E-state index contributed by atoms with van der Waals surface area (Å²) in [5.41, 5.74) is 4.77. The van der Waals surface area contributed by atoms with Crippen LogP contribution in [0.4, 0.5) is 0 Å². The topological polar surface area (TPSA) is 25.4 Å². The Morgan fingerprint density at radius 1 is 1.26 bits per heavy atom. The van der Waals surface area contributed by atoms with Gasteiger partial charge in [-0.1, -0.05) is 18.2 Å². The number of nitrogens with zero attached hydrogens (tertiary/aromatic N) is 2. The molecule has 3 heterocycles. The predicted octanol–water partition coefficient (Wildman–Crippen LogP) is 4.31. The molecule has 3 aromatic rings. The molecule has 0 unspecified atom stereocenters. The summed E-state index contributed by atoms with van der Waals surface area (Å²) in [6.07, 6.45) is 0. The second kappa shape index (κ2) is 5.95. The number of thiophene rings is 1. The van der Waals surface area contributed by atoms with Crippen molar-refractivity contribution in [1.82, 2.24) is 9.88 Å². The van der Waals surface area contributed by atoms with Crippen LogP contribution in [0.5, 0.6) is 5.88 Å². The highest BCUT2D eigenvalue weighted by atomic mass is 32.1. The Labute approximate surface area is 140 Å². The molecule has 4 heteroatoms. The van der Waals surface area contributed by atoms with E-state index in [0.29, 0.717) is 6.61 Å². The van der Waals surface area contributed by atoms with Crippen LogP contribution in [0.25, 0.3) is 10.9 Å². The van der Waals surface area contributed by atoms with Gasteiger partial charge < -0.3 is 4.74 Å². The van der Waals surface area contributed by atoms with Crippen molar-refractivity contribution in [3.63, 3.8) is 0 Å². The van der Waals surface area contributed by atoms with Crippen LogP contribution in [0.1, 0.15) is 21.6 Å². The van der Waals surface area contributed by atoms with E-state index in [2.05, 4.69) is 54.5 Å². The van der Waals surface area contributed by atoms with E-state index in [4.69, 9.17) is 9.72 Å². The van der Waals surface area contributed by atoms with Gasteiger partial charge in [0, 0.05) is 35.5 Å². The summed E-state index contributed by atoms with van der Waals surface area (Å²) < 4.78 is 5.95. The van der Waals surface area contributed by atoms with Crippen molar-refractivity contribution in [2.45, 2.75) is 26.9 Å². The smallest absolute Gasteiger partial charge is 0.218 e. The van der Waals surface area contributed by atoms with Gasteiger partial charge in [0.15, 0.2) is 0 Å². The Balaban J connectivity index is 1.70. The molecule has 0 saturated heterocycles. The molecule has 118 valence electrons. The summed E-state index contributed by atoms with van der Waals surface area (Å²) in [4.78, 5) is 8.65. The van der Waals surface area contributed by atoms with E-state index in [9.17, 15) is 0 Å². The maximum Gasteiger partial charge on any atom is 0.218 e. The molecule has 0 bridgehead atoms. The summed E-state index contributed by atoms with van der Waals surface area (Å²) >= 11 is 1.81. The minimum atomic E-state index is 0.696. The monoisotopic (exact) mass is 324 g/mol. The number of hydrogen-bond acceptors (Lipinski definition) is 4. The Hall–Kier alpha value is -1.91. The zero-order chi connectivity index (χ0) is 15.8. The minimum Gasteiger partial charge on any atom is -0.476 e. The van der Waals surface area contributed by atoms with E-state index in [1.54, 1.807) is 0 Å². The molecular weight excluding hydrogens is 304 g/mol. The zero-order valence-corrected chi connectivity index (χ0v) is 14.3. The number of aromatic nitrogens is 1. The summed E-state index contributed by atoms with van der Waals surface area (Å²) in [6.45, 7) is 7.77. The van der Waals surface area contributed by atoms with E-state index in [-0.39, 0.29) is 0 Å². The van der Waals surface area contributed by atoms with Crippen LogP contribution in [-0.4, -0.2) is 23.0 Å². The molecule has 0 amide bonds. The Bertz CT molecular complexity index is 842. The van der Waals surface area contributed by atoms with Crippen molar-refractivity contribution < 1.29 is 4.74 Å². The standard InChI is InChI=1S/C19H20N2OS/c1-13-5-6-15-10-16-11-21(12-17-4-3-9-23-17)7-8-22-19(16)20-18(15)14(13)2/h3-6,9-10H,7-8,11-12H2,1-2H3. The quantitative estimate of drug-likeness (QED) is 0.702. The third-order valence-corrected chi connectivity index (χ3v) is 5.41. The van der Waals surface area contributed by atoms with Crippen LogP contribution in [0.15, 0.2) is 35.7 Å². The SMILES string of the molecule is Cc1ccc2cc3c(nc2c1C)OCCN(Cc1cccs1)C3. The van der Waals surface area contributed by atoms with Gasteiger partial charge in [0.25, 0.3) is 0 Å². The third-order valence-electron chi connectivity index (χ3n) is 4.55. The fourth-order valence-corrected chi connectivity index (χ4v) is 3.84. The van der Waals surface area contributed by atoms with Gasteiger partial charge in [-0.2, -0.15) is 0 Å². The van der Waals surface area contributed by atoms with E-state index in [1.165, 1.54) is 27.0 Å². The molecule has 0 atom stereocenters. The maximum atomic E-state index is 5.95. The highest BCUT2D eigenvalue weighted by Gasteiger charge is 2.18. The molecule has 1 aliphatic heterocycles. The first-order valence-electron chi connectivity index (χ1n) is 7.98. The van der Waals surface area contributed by atoms with E-state index >= 15 is 0 Å². The molecule has 2 aromatic heterocycles. The van der Waals surface area contributed by atoms with Gasteiger partial charge >= 0.3 is 0 Å². The first kappa shape index (κ1) is 14.7. The molecule has 0 saturated carbocycles. The van der Waals surface area contributed by atoms with Crippen molar-refractivity contribution in [1.29, 1.82) is 0 Å². The van der Waals surface area contributed by atoms with Gasteiger partial charge in [-0.15, -0.1) is 11.3 Å². The molecule has 0 aliphatic carbocycles. The number of ether oxygens (including phenoxy) is 1. The van der Waals surface area contributed by atoms with Crippen molar-refractivity contribution in [2.24, 2.45) is 0 Å². The van der Waals surface area contributed by atoms with Crippen LogP contribution in [-0.2, 0) is 13.1 Å². The first-order chi connectivity index (χ1) is 11.2. The number of fused-ring (bicyclic) bond motifs is 2. The van der Waals surface area contributed by atoms with Crippen molar-refractivity contribution in [3.05, 3.63) is 57.3 Å². The van der Waals surface area contributed by atoms with Crippen LogP contribution < -0.4 is 4.74 Å². The predicted molar refractivity (Wildman–Crippen MR) is 95.1 cm³/mol. The minimum absolute atomic E-state index is 0.696. The molecule has 3 nitrogen and oxygen atoms in total. The number of pyridine rings is 1.